The van der Waals surface area contributed by atoms with Gasteiger partial charge in [-0.05, 0) is 19.9 Å². The van der Waals surface area contributed by atoms with Gasteiger partial charge in [0.1, 0.15) is 0 Å². The summed E-state index contributed by atoms with van der Waals surface area (Å²) in [5.74, 6) is 0.583. The van der Waals surface area contributed by atoms with Crippen molar-refractivity contribution in [1.29, 1.82) is 0 Å². The molecule has 1 amide bonds. The lowest BCUT2D eigenvalue weighted by molar-refractivity contribution is 0.0697. The lowest BCUT2D eigenvalue weighted by Gasteiger charge is -2.31. The minimum Gasteiger partial charge on any atom is -0.355 e. The maximum Gasteiger partial charge on any atom is 0.276 e. The fourth-order valence-corrected chi connectivity index (χ4v) is 2.65. The molecule has 0 aliphatic carbocycles. The number of nitrogens with zero attached hydrogens (tertiary/aromatic N) is 2. The molecule has 22 heavy (non-hydrogen) atoms. The Morgan fingerprint density at radius 1 is 1.27 bits per heavy atom. The standard InChI is InChI=1S/C16H19N3O2.ClH/c1-17-13-7-9-19(10-8-13)16(20)14-11-15(21-18-14)12-5-3-2-4-6-12;/h2-6,11,13,17H,7-10H2,1H3;1H. The fraction of sp³-hybridized carbons (Fsp3) is 0.375. The van der Waals surface area contributed by atoms with Gasteiger partial charge in [0.05, 0.1) is 0 Å². The number of piperidine rings is 1. The predicted molar refractivity (Wildman–Crippen MR) is 87.2 cm³/mol. The lowest BCUT2D eigenvalue weighted by atomic mass is 10.0. The monoisotopic (exact) mass is 321 g/mol. The van der Waals surface area contributed by atoms with Gasteiger partial charge in [0, 0.05) is 30.8 Å². The number of carbonyl (C=O) groups is 1. The number of rotatable bonds is 3. The molecule has 0 spiro atoms. The van der Waals surface area contributed by atoms with Crippen LogP contribution >= 0.6 is 12.4 Å². The van der Waals surface area contributed by atoms with E-state index in [9.17, 15) is 4.79 Å². The molecule has 1 N–H and O–H groups in total. The quantitative estimate of drug-likeness (QED) is 0.944. The van der Waals surface area contributed by atoms with Crippen LogP contribution in [0.2, 0.25) is 0 Å². The van der Waals surface area contributed by atoms with Gasteiger partial charge in [0.2, 0.25) is 0 Å². The first kappa shape index (κ1) is 16.5. The van der Waals surface area contributed by atoms with Crippen LogP contribution in [0.5, 0.6) is 0 Å². The molecule has 0 radical (unpaired) electrons. The van der Waals surface area contributed by atoms with Gasteiger partial charge in [-0.15, -0.1) is 12.4 Å². The molecular weight excluding hydrogens is 302 g/mol. The molecule has 3 rings (SSSR count). The van der Waals surface area contributed by atoms with Gasteiger partial charge in [0.25, 0.3) is 5.91 Å². The van der Waals surface area contributed by atoms with Crippen LogP contribution in [0.3, 0.4) is 0 Å². The molecule has 2 aromatic rings. The Bertz CT molecular complexity index is 607. The molecule has 5 nitrogen and oxygen atoms in total. The number of aromatic nitrogens is 1. The van der Waals surface area contributed by atoms with Crippen molar-refractivity contribution in [3.63, 3.8) is 0 Å². The number of likely N-dealkylation sites (tertiary alicyclic amines) is 1. The summed E-state index contributed by atoms with van der Waals surface area (Å²) in [7, 11) is 1.96. The molecule has 0 atom stereocenters. The van der Waals surface area contributed by atoms with E-state index in [1.807, 2.05) is 42.3 Å². The average molecular weight is 322 g/mol. The number of carbonyl (C=O) groups excluding carboxylic acids is 1. The van der Waals surface area contributed by atoms with E-state index < -0.39 is 0 Å². The molecule has 0 saturated carbocycles. The highest BCUT2D eigenvalue weighted by molar-refractivity contribution is 5.93. The maximum absolute atomic E-state index is 12.4. The van der Waals surface area contributed by atoms with Gasteiger partial charge in [-0.3, -0.25) is 4.79 Å². The number of hydrogen-bond acceptors (Lipinski definition) is 4. The molecule has 0 unspecified atom stereocenters. The van der Waals surface area contributed by atoms with Crippen LogP contribution in [0.1, 0.15) is 23.3 Å². The molecule has 1 aliphatic heterocycles. The van der Waals surface area contributed by atoms with Crippen LogP contribution in [0.15, 0.2) is 40.9 Å². The Hall–Kier alpha value is -1.85. The molecule has 1 saturated heterocycles. The Morgan fingerprint density at radius 3 is 2.59 bits per heavy atom. The lowest BCUT2D eigenvalue weighted by Crippen LogP contribution is -2.44. The molecule has 1 aliphatic rings. The van der Waals surface area contributed by atoms with Crippen molar-refractivity contribution < 1.29 is 9.32 Å². The highest BCUT2D eigenvalue weighted by Gasteiger charge is 2.25. The number of halogens is 1. The molecular formula is C16H20ClN3O2. The Kier molecular flexibility index (Phi) is 5.57. The van der Waals surface area contributed by atoms with Gasteiger partial charge < -0.3 is 14.7 Å². The second-order valence-electron chi connectivity index (χ2n) is 5.30. The van der Waals surface area contributed by atoms with Crippen molar-refractivity contribution in [2.45, 2.75) is 18.9 Å². The smallest absolute Gasteiger partial charge is 0.276 e. The first-order chi connectivity index (χ1) is 10.3. The SMILES string of the molecule is CNC1CCN(C(=O)c2cc(-c3ccccc3)on2)CC1.Cl. The minimum absolute atomic E-state index is 0. The summed E-state index contributed by atoms with van der Waals surface area (Å²) < 4.78 is 5.30. The molecule has 6 heteroatoms. The van der Waals surface area contributed by atoms with Crippen molar-refractivity contribution in [3.05, 3.63) is 42.1 Å². The Morgan fingerprint density at radius 2 is 1.95 bits per heavy atom. The maximum atomic E-state index is 12.4. The van der Waals surface area contributed by atoms with E-state index in [4.69, 9.17) is 4.52 Å². The first-order valence-corrected chi connectivity index (χ1v) is 7.26. The van der Waals surface area contributed by atoms with E-state index in [0.29, 0.717) is 17.5 Å². The van der Waals surface area contributed by atoms with Crippen LogP contribution in [0.4, 0.5) is 0 Å². The number of amides is 1. The van der Waals surface area contributed by atoms with Crippen molar-refractivity contribution in [2.75, 3.05) is 20.1 Å². The van der Waals surface area contributed by atoms with E-state index >= 15 is 0 Å². The summed E-state index contributed by atoms with van der Waals surface area (Å²) in [4.78, 5) is 14.3. The summed E-state index contributed by atoms with van der Waals surface area (Å²) in [5, 5.41) is 7.18. The molecule has 118 valence electrons. The van der Waals surface area contributed by atoms with Gasteiger partial charge in [-0.2, -0.15) is 0 Å². The number of hydrogen-bond donors (Lipinski definition) is 1. The largest absolute Gasteiger partial charge is 0.355 e. The van der Waals surface area contributed by atoms with Crippen LogP contribution in [0.25, 0.3) is 11.3 Å². The van der Waals surface area contributed by atoms with Crippen LogP contribution in [-0.4, -0.2) is 42.1 Å². The zero-order valence-corrected chi connectivity index (χ0v) is 13.3. The van der Waals surface area contributed by atoms with Gasteiger partial charge in [-0.25, -0.2) is 0 Å². The van der Waals surface area contributed by atoms with Crippen molar-refractivity contribution in [1.82, 2.24) is 15.4 Å². The van der Waals surface area contributed by atoms with E-state index in [0.717, 1.165) is 31.5 Å². The summed E-state index contributed by atoms with van der Waals surface area (Å²) in [6.45, 7) is 1.52. The number of benzene rings is 1. The third-order valence-electron chi connectivity index (χ3n) is 3.98. The highest BCUT2D eigenvalue weighted by atomic mass is 35.5. The topological polar surface area (TPSA) is 58.4 Å². The fourth-order valence-electron chi connectivity index (χ4n) is 2.65. The third-order valence-corrected chi connectivity index (χ3v) is 3.98. The van der Waals surface area contributed by atoms with Crippen LogP contribution in [0, 0.1) is 0 Å². The molecule has 1 aromatic carbocycles. The normalized spacial score (nSPS) is 15.4. The van der Waals surface area contributed by atoms with Crippen molar-refractivity contribution >= 4 is 18.3 Å². The highest BCUT2D eigenvalue weighted by Crippen LogP contribution is 2.21. The third kappa shape index (κ3) is 3.48. The molecule has 1 aromatic heterocycles. The average Bonchev–Trinajstić information content (AvgIpc) is 3.05. The second-order valence-corrected chi connectivity index (χ2v) is 5.30. The second kappa shape index (κ2) is 7.42. The van der Waals surface area contributed by atoms with Crippen molar-refractivity contribution in [3.8, 4) is 11.3 Å². The van der Waals surface area contributed by atoms with E-state index in [-0.39, 0.29) is 18.3 Å². The van der Waals surface area contributed by atoms with Crippen LogP contribution < -0.4 is 5.32 Å². The van der Waals surface area contributed by atoms with Crippen molar-refractivity contribution in [2.24, 2.45) is 0 Å². The Balaban J connectivity index is 0.00000176. The summed E-state index contributed by atoms with van der Waals surface area (Å²) in [6.07, 6.45) is 1.96. The predicted octanol–water partition coefficient (Wildman–Crippen LogP) is 2.59. The first-order valence-electron chi connectivity index (χ1n) is 7.26. The summed E-state index contributed by atoms with van der Waals surface area (Å²) in [5.41, 5.74) is 1.31. The zero-order valence-electron chi connectivity index (χ0n) is 12.5. The van der Waals surface area contributed by atoms with E-state index in [2.05, 4.69) is 10.5 Å². The van der Waals surface area contributed by atoms with Crippen LogP contribution in [-0.2, 0) is 0 Å². The van der Waals surface area contributed by atoms with E-state index in [1.54, 1.807) is 6.07 Å². The van der Waals surface area contributed by atoms with Gasteiger partial charge in [0.15, 0.2) is 11.5 Å². The Labute approximate surface area is 136 Å². The van der Waals surface area contributed by atoms with Gasteiger partial charge in [-0.1, -0.05) is 35.5 Å². The van der Waals surface area contributed by atoms with Gasteiger partial charge >= 0.3 is 0 Å². The number of nitrogens with one attached hydrogen (secondary N) is 1. The minimum atomic E-state index is -0.0458. The zero-order chi connectivity index (χ0) is 14.7. The van der Waals surface area contributed by atoms with E-state index in [1.165, 1.54) is 0 Å². The summed E-state index contributed by atoms with van der Waals surface area (Å²) in [6, 6.07) is 11.9. The molecule has 1 fully saturated rings. The molecule has 0 bridgehead atoms. The summed E-state index contributed by atoms with van der Waals surface area (Å²) >= 11 is 0. The molecule has 2 heterocycles.